The minimum absolute atomic E-state index is 0.815. The number of hydrogen-bond donors (Lipinski definition) is 1. The van der Waals surface area contributed by atoms with Gasteiger partial charge < -0.3 is 5.32 Å². The molecule has 0 amide bonds. The first kappa shape index (κ1) is 9.83. The van der Waals surface area contributed by atoms with Gasteiger partial charge >= 0.3 is 0 Å². The topological polar surface area (TPSA) is 12.0 Å². The zero-order valence-electron chi connectivity index (χ0n) is 10.9. The first-order valence-electron chi connectivity index (χ1n) is 8.01. The van der Waals surface area contributed by atoms with Gasteiger partial charge in [0.15, 0.2) is 0 Å². The fraction of sp³-hybridized carbons (Fsp3) is 1.00. The number of hydrogen-bond acceptors (Lipinski definition) is 1. The van der Waals surface area contributed by atoms with Crippen molar-refractivity contribution >= 4 is 0 Å². The summed E-state index contributed by atoms with van der Waals surface area (Å²) in [5.41, 5.74) is 1.63. The van der Waals surface area contributed by atoms with Crippen LogP contribution in [-0.4, -0.2) is 13.1 Å². The standard InChI is InChI=1S/C16H25N/c1-2-11-4-13(5-12(11)3-1)14-6-15-8-16(15,7-14)10-17-9-15/h11-14,17H,1-10H2. The maximum Gasteiger partial charge on any atom is 0.00142 e. The second kappa shape index (κ2) is 2.92. The highest BCUT2D eigenvalue weighted by Gasteiger charge is 2.74. The third-order valence-corrected chi connectivity index (χ3v) is 7.60. The molecule has 0 spiro atoms. The van der Waals surface area contributed by atoms with Gasteiger partial charge in [0, 0.05) is 13.1 Å². The summed E-state index contributed by atoms with van der Waals surface area (Å²) < 4.78 is 0. The average molecular weight is 231 g/mol. The van der Waals surface area contributed by atoms with Gasteiger partial charge in [-0.2, -0.15) is 0 Å². The molecule has 5 rings (SSSR count). The van der Waals surface area contributed by atoms with Gasteiger partial charge in [0.1, 0.15) is 0 Å². The van der Waals surface area contributed by atoms with E-state index in [4.69, 9.17) is 0 Å². The Labute approximate surface area is 105 Å². The summed E-state index contributed by atoms with van der Waals surface area (Å²) >= 11 is 0. The largest absolute Gasteiger partial charge is 0.316 e. The van der Waals surface area contributed by atoms with E-state index in [0.29, 0.717) is 0 Å². The molecule has 0 aromatic carbocycles. The highest BCUT2D eigenvalue weighted by atomic mass is 15.0. The van der Waals surface area contributed by atoms with E-state index in [1.54, 1.807) is 51.4 Å². The summed E-state index contributed by atoms with van der Waals surface area (Å²) in [6, 6.07) is 0. The summed E-state index contributed by atoms with van der Waals surface area (Å²) in [5.74, 6) is 4.59. The average Bonchev–Trinajstić information content (AvgIpc) is 2.79. The van der Waals surface area contributed by atoms with Gasteiger partial charge in [-0.1, -0.05) is 19.3 Å². The normalized spacial score (nSPS) is 63.5. The molecule has 1 heterocycles. The van der Waals surface area contributed by atoms with Crippen LogP contribution in [0.25, 0.3) is 0 Å². The van der Waals surface area contributed by atoms with E-state index >= 15 is 0 Å². The maximum atomic E-state index is 3.66. The molecule has 1 heteroatoms. The monoisotopic (exact) mass is 231 g/mol. The van der Waals surface area contributed by atoms with Crippen molar-refractivity contribution in [1.82, 2.24) is 5.32 Å². The lowest BCUT2D eigenvalue weighted by Gasteiger charge is -2.25. The molecular formula is C16H25N. The molecule has 0 radical (unpaired) electrons. The summed E-state index contributed by atoms with van der Waals surface area (Å²) in [6.45, 7) is 2.73. The van der Waals surface area contributed by atoms with Crippen LogP contribution in [0.2, 0.25) is 0 Å². The van der Waals surface area contributed by atoms with Crippen LogP contribution in [0.3, 0.4) is 0 Å². The SMILES string of the molecule is C1CC2CC(C3CC45CNCC4(C3)C5)CC2C1. The molecule has 4 aliphatic carbocycles. The predicted molar refractivity (Wildman–Crippen MR) is 68.6 cm³/mol. The lowest BCUT2D eigenvalue weighted by Crippen LogP contribution is -2.24. The molecule has 1 nitrogen and oxygen atoms in total. The Morgan fingerprint density at radius 3 is 2.06 bits per heavy atom. The highest BCUT2D eigenvalue weighted by molar-refractivity contribution is 5.25. The maximum absolute atomic E-state index is 3.66. The first-order valence-corrected chi connectivity index (χ1v) is 8.01. The first-order chi connectivity index (χ1) is 8.30. The fourth-order valence-electron chi connectivity index (χ4n) is 6.77. The lowest BCUT2D eigenvalue weighted by atomic mass is 9.82. The molecule has 0 aromatic heterocycles. The van der Waals surface area contributed by atoms with E-state index in [2.05, 4.69) is 5.32 Å². The Morgan fingerprint density at radius 2 is 1.41 bits per heavy atom. The number of fused-ring (bicyclic) bond motifs is 1. The Balaban J connectivity index is 1.33. The lowest BCUT2D eigenvalue weighted by molar-refractivity contribution is 0.264. The number of piperidine rings is 1. The van der Waals surface area contributed by atoms with Crippen molar-refractivity contribution in [1.29, 1.82) is 0 Å². The smallest absolute Gasteiger partial charge is 0.00142 e. The van der Waals surface area contributed by atoms with Crippen molar-refractivity contribution in [3.8, 4) is 0 Å². The predicted octanol–water partition coefficient (Wildman–Crippen LogP) is 3.20. The Hall–Kier alpha value is -0.0400. The van der Waals surface area contributed by atoms with E-state index in [1.165, 1.54) is 13.1 Å². The Morgan fingerprint density at radius 1 is 0.765 bits per heavy atom. The number of rotatable bonds is 1. The molecule has 0 bridgehead atoms. The van der Waals surface area contributed by atoms with E-state index < -0.39 is 0 Å². The molecule has 1 saturated heterocycles. The molecule has 4 atom stereocenters. The van der Waals surface area contributed by atoms with Crippen molar-refractivity contribution in [3.05, 3.63) is 0 Å². The van der Waals surface area contributed by atoms with E-state index in [-0.39, 0.29) is 0 Å². The van der Waals surface area contributed by atoms with Crippen LogP contribution in [-0.2, 0) is 0 Å². The molecule has 5 aliphatic rings. The number of nitrogens with one attached hydrogen (secondary N) is 1. The van der Waals surface area contributed by atoms with Gasteiger partial charge in [0.2, 0.25) is 0 Å². The zero-order chi connectivity index (χ0) is 11.1. The Kier molecular flexibility index (Phi) is 1.69. The van der Waals surface area contributed by atoms with Crippen molar-refractivity contribution < 1.29 is 0 Å². The van der Waals surface area contributed by atoms with Gasteiger partial charge in [-0.3, -0.25) is 0 Å². The highest BCUT2D eigenvalue weighted by Crippen LogP contribution is 2.77. The summed E-state index contributed by atoms with van der Waals surface area (Å²) in [5, 5.41) is 3.66. The molecule has 5 fully saturated rings. The van der Waals surface area contributed by atoms with Gasteiger partial charge in [0.25, 0.3) is 0 Å². The van der Waals surface area contributed by atoms with Crippen molar-refractivity contribution in [2.45, 2.75) is 51.4 Å². The van der Waals surface area contributed by atoms with Crippen LogP contribution in [0.15, 0.2) is 0 Å². The van der Waals surface area contributed by atoms with Crippen LogP contribution in [0.4, 0.5) is 0 Å². The van der Waals surface area contributed by atoms with Gasteiger partial charge in [-0.25, -0.2) is 0 Å². The molecule has 4 saturated carbocycles. The Bertz CT molecular complexity index is 327. The third kappa shape index (κ3) is 1.11. The minimum atomic E-state index is 0.815. The molecule has 94 valence electrons. The third-order valence-electron chi connectivity index (χ3n) is 7.60. The fourth-order valence-corrected chi connectivity index (χ4v) is 6.77. The van der Waals surface area contributed by atoms with Crippen LogP contribution >= 0.6 is 0 Å². The summed E-state index contributed by atoms with van der Waals surface area (Å²) in [7, 11) is 0. The second-order valence-electron chi connectivity index (χ2n) is 8.19. The zero-order valence-corrected chi connectivity index (χ0v) is 10.9. The molecule has 17 heavy (non-hydrogen) atoms. The van der Waals surface area contributed by atoms with Gasteiger partial charge in [-0.05, 0) is 66.6 Å². The summed E-state index contributed by atoms with van der Waals surface area (Å²) in [6.07, 6.45) is 12.7. The van der Waals surface area contributed by atoms with E-state index in [1.807, 2.05) is 0 Å². The molecule has 4 unspecified atom stereocenters. The van der Waals surface area contributed by atoms with Crippen LogP contribution in [0.1, 0.15) is 51.4 Å². The molecule has 1 N–H and O–H groups in total. The minimum Gasteiger partial charge on any atom is -0.316 e. The van der Waals surface area contributed by atoms with Gasteiger partial charge in [-0.15, -0.1) is 0 Å². The van der Waals surface area contributed by atoms with Crippen LogP contribution in [0.5, 0.6) is 0 Å². The second-order valence-corrected chi connectivity index (χ2v) is 8.19. The van der Waals surface area contributed by atoms with Crippen molar-refractivity contribution in [3.63, 3.8) is 0 Å². The van der Waals surface area contributed by atoms with Crippen molar-refractivity contribution in [2.24, 2.45) is 34.5 Å². The van der Waals surface area contributed by atoms with Crippen LogP contribution in [0, 0.1) is 34.5 Å². The van der Waals surface area contributed by atoms with Gasteiger partial charge in [0.05, 0.1) is 0 Å². The molecular weight excluding hydrogens is 206 g/mol. The van der Waals surface area contributed by atoms with E-state index in [9.17, 15) is 0 Å². The molecule has 1 aliphatic heterocycles. The molecule has 0 aromatic rings. The van der Waals surface area contributed by atoms with Crippen LogP contribution < -0.4 is 5.32 Å². The summed E-state index contributed by atoms with van der Waals surface area (Å²) in [4.78, 5) is 0. The van der Waals surface area contributed by atoms with Crippen molar-refractivity contribution in [2.75, 3.05) is 13.1 Å². The van der Waals surface area contributed by atoms with E-state index in [0.717, 1.165) is 34.5 Å². The quantitative estimate of drug-likeness (QED) is 0.731.